The molecule has 0 spiro atoms. The standard InChI is InChI=1S/C13H17N3O2S/c1-16-8-7-12(15-16)10-14-9-11-3-5-13(6-4-11)19(2,17)18/h3-8,14H,9-10H2,1-2H3. The molecule has 1 N–H and O–H groups in total. The van der Waals surface area contributed by atoms with Crippen LogP contribution in [0, 0.1) is 0 Å². The van der Waals surface area contributed by atoms with Crippen molar-refractivity contribution in [3.8, 4) is 0 Å². The van der Waals surface area contributed by atoms with E-state index < -0.39 is 9.84 Å². The lowest BCUT2D eigenvalue weighted by Crippen LogP contribution is -2.13. The quantitative estimate of drug-likeness (QED) is 0.890. The summed E-state index contributed by atoms with van der Waals surface area (Å²) >= 11 is 0. The summed E-state index contributed by atoms with van der Waals surface area (Å²) in [5, 5.41) is 7.53. The number of benzene rings is 1. The Morgan fingerprint density at radius 1 is 1.16 bits per heavy atom. The van der Waals surface area contributed by atoms with Crippen molar-refractivity contribution in [1.82, 2.24) is 15.1 Å². The number of hydrogen-bond donors (Lipinski definition) is 1. The Kier molecular flexibility index (Phi) is 4.01. The number of nitrogens with one attached hydrogen (secondary N) is 1. The van der Waals surface area contributed by atoms with Gasteiger partial charge in [-0.3, -0.25) is 4.68 Å². The minimum absolute atomic E-state index is 0.348. The maximum Gasteiger partial charge on any atom is 0.175 e. The van der Waals surface area contributed by atoms with E-state index in [2.05, 4.69) is 10.4 Å². The van der Waals surface area contributed by atoms with Gasteiger partial charge in [-0.15, -0.1) is 0 Å². The van der Waals surface area contributed by atoms with Crippen LogP contribution in [0.25, 0.3) is 0 Å². The maximum atomic E-state index is 11.3. The topological polar surface area (TPSA) is 64.0 Å². The van der Waals surface area contributed by atoms with Crippen LogP contribution >= 0.6 is 0 Å². The SMILES string of the molecule is Cn1ccc(CNCc2ccc(S(C)(=O)=O)cc2)n1. The summed E-state index contributed by atoms with van der Waals surface area (Å²) < 4.78 is 24.4. The van der Waals surface area contributed by atoms with E-state index in [1.807, 2.05) is 31.4 Å². The molecule has 0 aliphatic rings. The van der Waals surface area contributed by atoms with E-state index in [1.54, 1.807) is 16.8 Å². The molecule has 2 aromatic rings. The van der Waals surface area contributed by atoms with E-state index in [1.165, 1.54) is 6.26 Å². The first-order chi connectivity index (χ1) is 8.95. The van der Waals surface area contributed by atoms with Crippen LogP contribution < -0.4 is 5.32 Å². The third-order valence-electron chi connectivity index (χ3n) is 2.76. The monoisotopic (exact) mass is 279 g/mol. The summed E-state index contributed by atoms with van der Waals surface area (Å²) in [6.07, 6.45) is 3.11. The second-order valence-corrected chi connectivity index (χ2v) is 6.52. The fourth-order valence-corrected chi connectivity index (χ4v) is 2.38. The molecule has 0 aliphatic carbocycles. The lowest BCUT2D eigenvalue weighted by molar-refractivity contribution is 0.601. The van der Waals surface area contributed by atoms with E-state index in [0.717, 1.165) is 11.3 Å². The first-order valence-electron chi connectivity index (χ1n) is 5.93. The number of aromatic nitrogens is 2. The molecule has 0 saturated heterocycles. The molecule has 1 heterocycles. The van der Waals surface area contributed by atoms with Gasteiger partial charge in [-0.25, -0.2) is 8.42 Å². The zero-order valence-electron chi connectivity index (χ0n) is 11.0. The number of aryl methyl sites for hydroxylation is 1. The van der Waals surface area contributed by atoms with E-state index in [4.69, 9.17) is 0 Å². The molecule has 0 amide bonds. The van der Waals surface area contributed by atoms with Crippen LogP contribution in [0.15, 0.2) is 41.4 Å². The van der Waals surface area contributed by atoms with E-state index in [0.29, 0.717) is 18.0 Å². The van der Waals surface area contributed by atoms with Crippen LogP contribution in [-0.2, 0) is 30.0 Å². The Hall–Kier alpha value is -1.66. The highest BCUT2D eigenvalue weighted by molar-refractivity contribution is 7.90. The summed E-state index contributed by atoms with van der Waals surface area (Å²) in [4.78, 5) is 0.348. The third-order valence-corrected chi connectivity index (χ3v) is 3.88. The largest absolute Gasteiger partial charge is 0.307 e. The molecule has 0 aliphatic heterocycles. The van der Waals surface area contributed by atoms with Gasteiger partial charge in [0.2, 0.25) is 0 Å². The molecule has 0 fully saturated rings. The van der Waals surface area contributed by atoms with Crippen LogP contribution in [-0.4, -0.2) is 24.5 Å². The Bertz CT molecular complexity index is 645. The van der Waals surface area contributed by atoms with Gasteiger partial charge < -0.3 is 5.32 Å². The van der Waals surface area contributed by atoms with E-state index >= 15 is 0 Å². The van der Waals surface area contributed by atoms with Gasteiger partial charge in [-0.2, -0.15) is 5.10 Å². The molecule has 0 atom stereocenters. The average molecular weight is 279 g/mol. The molecule has 1 aromatic carbocycles. The molecule has 0 radical (unpaired) electrons. The van der Waals surface area contributed by atoms with Crippen molar-refractivity contribution in [3.63, 3.8) is 0 Å². The normalized spacial score (nSPS) is 11.7. The van der Waals surface area contributed by atoms with Gasteiger partial charge in [0.1, 0.15) is 0 Å². The fraction of sp³-hybridized carbons (Fsp3) is 0.308. The maximum absolute atomic E-state index is 11.3. The molecule has 0 bridgehead atoms. The predicted molar refractivity (Wildman–Crippen MR) is 73.3 cm³/mol. The van der Waals surface area contributed by atoms with E-state index in [9.17, 15) is 8.42 Å². The minimum Gasteiger partial charge on any atom is -0.307 e. The van der Waals surface area contributed by atoms with Gasteiger partial charge in [-0.1, -0.05) is 12.1 Å². The van der Waals surface area contributed by atoms with Crippen LogP contribution in [0.2, 0.25) is 0 Å². The van der Waals surface area contributed by atoms with Crippen molar-refractivity contribution in [2.75, 3.05) is 6.26 Å². The predicted octanol–water partition coefficient (Wildman–Crippen LogP) is 1.11. The fourth-order valence-electron chi connectivity index (χ4n) is 1.75. The molecular weight excluding hydrogens is 262 g/mol. The van der Waals surface area contributed by atoms with Crippen molar-refractivity contribution in [2.24, 2.45) is 7.05 Å². The van der Waals surface area contributed by atoms with Crippen LogP contribution in [0.4, 0.5) is 0 Å². The summed E-state index contributed by atoms with van der Waals surface area (Å²) in [6.45, 7) is 1.37. The molecule has 1 aromatic heterocycles. The van der Waals surface area contributed by atoms with Crippen LogP contribution in [0.5, 0.6) is 0 Å². The molecule has 5 nitrogen and oxygen atoms in total. The molecule has 6 heteroatoms. The van der Waals surface area contributed by atoms with Gasteiger partial charge in [0.05, 0.1) is 10.6 Å². The molecule has 19 heavy (non-hydrogen) atoms. The molecule has 0 saturated carbocycles. The highest BCUT2D eigenvalue weighted by Gasteiger charge is 2.05. The average Bonchev–Trinajstić information content (AvgIpc) is 2.75. The smallest absolute Gasteiger partial charge is 0.175 e. The van der Waals surface area contributed by atoms with Crippen molar-refractivity contribution in [1.29, 1.82) is 0 Å². The lowest BCUT2D eigenvalue weighted by atomic mass is 10.2. The molecule has 2 rings (SSSR count). The van der Waals surface area contributed by atoms with Gasteiger partial charge in [-0.05, 0) is 23.8 Å². The van der Waals surface area contributed by atoms with Gasteiger partial charge >= 0.3 is 0 Å². The summed E-state index contributed by atoms with van der Waals surface area (Å²) in [5.41, 5.74) is 2.03. The zero-order chi connectivity index (χ0) is 13.9. The summed E-state index contributed by atoms with van der Waals surface area (Å²) in [6, 6.07) is 8.86. The Labute approximate surface area is 113 Å². The molecular formula is C13H17N3O2S. The summed E-state index contributed by atoms with van der Waals surface area (Å²) in [7, 11) is -1.23. The number of hydrogen-bond acceptors (Lipinski definition) is 4. The molecule has 0 unspecified atom stereocenters. The van der Waals surface area contributed by atoms with Crippen molar-refractivity contribution in [2.45, 2.75) is 18.0 Å². The lowest BCUT2D eigenvalue weighted by Gasteiger charge is -2.04. The Morgan fingerprint density at radius 3 is 2.37 bits per heavy atom. The number of rotatable bonds is 5. The summed E-state index contributed by atoms with van der Waals surface area (Å²) in [5.74, 6) is 0. The molecule has 102 valence electrons. The zero-order valence-corrected chi connectivity index (χ0v) is 11.8. The van der Waals surface area contributed by atoms with Gasteiger partial charge in [0, 0.05) is 32.6 Å². The van der Waals surface area contributed by atoms with E-state index in [-0.39, 0.29) is 0 Å². The Balaban J connectivity index is 1.90. The van der Waals surface area contributed by atoms with Crippen molar-refractivity contribution >= 4 is 9.84 Å². The number of sulfone groups is 1. The van der Waals surface area contributed by atoms with Crippen molar-refractivity contribution in [3.05, 3.63) is 47.8 Å². The van der Waals surface area contributed by atoms with Crippen LogP contribution in [0.3, 0.4) is 0 Å². The van der Waals surface area contributed by atoms with Crippen LogP contribution in [0.1, 0.15) is 11.3 Å². The van der Waals surface area contributed by atoms with Gasteiger partial charge in [0.25, 0.3) is 0 Å². The first-order valence-corrected chi connectivity index (χ1v) is 7.82. The third kappa shape index (κ3) is 3.90. The first kappa shape index (κ1) is 13.8. The minimum atomic E-state index is -3.11. The second-order valence-electron chi connectivity index (χ2n) is 4.50. The highest BCUT2D eigenvalue weighted by atomic mass is 32.2. The second kappa shape index (κ2) is 5.54. The Morgan fingerprint density at radius 2 is 1.84 bits per heavy atom. The van der Waals surface area contributed by atoms with Crippen molar-refractivity contribution < 1.29 is 8.42 Å². The van der Waals surface area contributed by atoms with Gasteiger partial charge in [0.15, 0.2) is 9.84 Å². The highest BCUT2D eigenvalue weighted by Crippen LogP contribution is 2.10. The number of nitrogens with zero attached hydrogens (tertiary/aromatic N) is 2.